The highest BCUT2D eigenvalue weighted by molar-refractivity contribution is 6.13. The number of aromatic nitrogens is 1. The van der Waals surface area contributed by atoms with Gasteiger partial charge in [-0.2, -0.15) is 0 Å². The topological polar surface area (TPSA) is 80.3 Å². The first-order chi connectivity index (χ1) is 28.8. The van der Waals surface area contributed by atoms with Crippen LogP contribution >= 0.6 is 0 Å². The maximum absolute atomic E-state index is 8.20. The molecule has 2 heterocycles. The number of aliphatic imine (C=N–C) groups is 1. The van der Waals surface area contributed by atoms with Crippen molar-refractivity contribution in [3.05, 3.63) is 210 Å². The molecule has 8 aromatic carbocycles. The highest BCUT2D eigenvalue weighted by atomic mass is 16.3. The first-order valence-electron chi connectivity index (χ1n) is 20.0. The Labute approximate surface area is 343 Å². The summed E-state index contributed by atoms with van der Waals surface area (Å²) >= 11 is 0. The first kappa shape index (κ1) is 35.9. The van der Waals surface area contributed by atoms with Crippen LogP contribution < -0.4 is 5.73 Å². The van der Waals surface area contributed by atoms with E-state index in [9.17, 15) is 0 Å². The molecule has 0 aliphatic heterocycles. The number of hydrogen-bond acceptors (Lipinski definition) is 2. The van der Waals surface area contributed by atoms with E-state index in [0.717, 1.165) is 39.1 Å². The van der Waals surface area contributed by atoms with Crippen molar-refractivity contribution in [3.63, 3.8) is 0 Å². The molecule has 2 aromatic heterocycles. The largest absolute Gasteiger partial charge is 0.456 e. The van der Waals surface area contributed by atoms with Crippen LogP contribution in [0.5, 0.6) is 0 Å². The van der Waals surface area contributed by atoms with Crippen LogP contribution in [0, 0.1) is 12.3 Å². The van der Waals surface area contributed by atoms with Crippen molar-refractivity contribution in [2.24, 2.45) is 10.7 Å². The van der Waals surface area contributed by atoms with Crippen molar-refractivity contribution >= 4 is 55.4 Å². The average molecular weight is 763 g/mol. The molecule has 0 atom stereocenters. The number of nitrogens with zero attached hydrogens (tertiary/aromatic N) is 2. The summed E-state index contributed by atoms with van der Waals surface area (Å²) in [5, 5.41) is 13.1. The van der Waals surface area contributed by atoms with Gasteiger partial charge in [0.1, 0.15) is 17.0 Å². The number of fused-ring (bicyclic) bond motifs is 9. The van der Waals surface area contributed by atoms with Crippen molar-refractivity contribution in [2.45, 2.75) is 26.2 Å². The van der Waals surface area contributed by atoms with Gasteiger partial charge in [-0.25, -0.2) is 4.99 Å². The number of nitrogens with two attached hydrogens (primary N) is 1. The molecule has 5 nitrogen and oxygen atoms in total. The summed E-state index contributed by atoms with van der Waals surface area (Å²) in [6.07, 6.45) is 0. The molecule has 0 amide bonds. The van der Waals surface area contributed by atoms with Gasteiger partial charge >= 0.3 is 0 Å². The van der Waals surface area contributed by atoms with E-state index in [1.807, 2.05) is 84.9 Å². The van der Waals surface area contributed by atoms with Gasteiger partial charge in [0.25, 0.3) is 0 Å². The molecule has 59 heavy (non-hydrogen) atoms. The number of furan rings is 1. The molecule has 0 fully saturated rings. The number of benzene rings is 8. The highest BCUT2D eigenvalue weighted by Gasteiger charge is 2.36. The third-order valence-corrected chi connectivity index (χ3v) is 11.9. The normalized spacial score (nSPS) is 13.0. The summed E-state index contributed by atoms with van der Waals surface area (Å²) in [7, 11) is 0. The smallest absolute Gasteiger partial charge is 0.154 e. The Morgan fingerprint density at radius 1 is 0.559 bits per heavy atom. The average Bonchev–Trinajstić information content (AvgIpc) is 3.89. The second-order valence-electron chi connectivity index (χ2n) is 15.8. The van der Waals surface area contributed by atoms with Crippen LogP contribution in [-0.4, -0.2) is 16.2 Å². The Kier molecular flexibility index (Phi) is 8.61. The Balaban J connectivity index is 0.000000159. The summed E-state index contributed by atoms with van der Waals surface area (Å²) in [6, 6.07) is 62.8. The van der Waals surface area contributed by atoms with Crippen LogP contribution in [0.2, 0.25) is 0 Å². The van der Waals surface area contributed by atoms with Gasteiger partial charge in [0.05, 0.1) is 11.0 Å². The summed E-state index contributed by atoms with van der Waals surface area (Å²) in [5.41, 5.74) is 22.0. The Bertz CT molecular complexity index is 3280. The second kappa shape index (κ2) is 14.2. The quantitative estimate of drug-likeness (QED) is 0.138. The van der Waals surface area contributed by atoms with Gasteiger partial charge in [0, 0.05) is 43.8 Å². The molecule has 1 aliphatic carbocycles. The second-order valence-corrected chi connectivity index (χ2v) is 15.8. The lowest BCUT2D eigenvalue weighted by molar-refractivity contribution is 0.661. The number of hydrogen-bond donors (Lipinski definition) is 2. The monoisotopic (exact) mass is 762 g/mol. The standard InChI is InChI=1S/C34H25NO.C20H17N3/c1-20-9-8-14-32-33(20)26-17-21(15-16-31(26)36-32)35-29-13-7-5-11-23(29)25-18-24-22-10-4-6-12-27(22)34(2,3)28(24)19-30(25)35;21-19(16-10-5-2-6-11-16)23-20(22)18-13-7-12-17(14-18)15-8-3-1-4-9-15/h4-19H,1-3H3;1-14H,(H3,21,22,23). The number of amidine groups is 2. The van der Waals surface area contributed by atoms with E-state index in [2.05, 4.69) is 127 Å². The number of para-hydroxylation sites is 1. The van der Waals surface area contributed by atoms with Crippen LogP contribution in [0.15, 0.2) is 191 Å². The van der Waals surface area contributed by atoms with Gasteiger partial charge in [0.2, 0.25) is 0 Å². The van der Waals surface area contributed by atoms with E-state index in [1.165, 1.54) is 60.4 Å². The molecule has 10 aromatic rings. The van der Waals surface area contributed by atoms with Gasteiger partial charge < -0.3 is 14.7 Å². The molecular weight excluding hydrogens is 721 g/mol. The zero-order valence-electron chi connectivity index (χ0n) is 33.2. The zero-order valence-corrected chi connectivity index (χ0v) is 33.2. The summed E-state index contributed by atoms with van der Waals surface area (Å²) in [5.74, 6) is 0.504. The van der Waals surface area contributed by atoms with Gasteiger partial charge in [0.15, 0.2) is 5.84 Å². The van der Waals surface area contributed by atoms with Crippen LogP contribution in [-0.2, 0) is 5.41 Å². The van der Waals surface area contributed by atoms with Crippen LogP contribution in [0.1, 0.15) is 41.7 Å². The van der Waals surface area contributed by atoms with Crippen molar-refractivity contribution in [1.82, 2.24) is 4.57 Å². The minimum Gasteiger partial charge on any atom is -0.456 e. The van der Waals surface area contributed by atoms with Crippen molar-refractivity contribution < 1.29 is 4.42 Å². The lowest BCUT2D eigenvalue weighted by Gasteiger charge is -2.21. The predicted molar refractivity (Wildman–Crippen MR) is 246 cm³/mol. The molecular formula is C54H42N4O. The predicted octanol–water partition coefficient (Wildman–Crippen LogP) is 13.4. The van der Waals surface area contributed by atoms with Gasteiger partial charge in [-0.15, -0.1) is 0 Å². The molecule has 0 bridgehead atoms. The molecule has 0 saturated heterocycles. The number of rotatable bonds is 4. The van der Waals surface area contributed by atoms with E-state index in [4.69, 9.17) is 15.6 Å². The lowest BCUT2D eigenvalue weighted by Crippen LogP contribution is -2.15. The molecule has 284 valence electrons. The van der Waals surface area contributed by atoms with Crippen molar-refractivity contribution in [2.75, 3.05) is 0 Å². The van der Waals surface area contributed by atoms with Gasteiger partial charge in [-0.1, -0.05) is 147 Å². The molecule has 1 aliphatic rings. The Morgan fingerprint density at radius 2 is 1.25 bits per heavy atom. The Morgan fingerprint density at radius 3 is 2.08 bits per heavy atom. The Hall–Kier alpha value is -7.50. The zero-order chi connectivity index (χ0) is 40.3. The molecule has 3 N–H and O–H groups in total. The third kappa shape index (κ3) is 6.10. The van der Waals surface area contributed by atoms with E-state index >= 15 is 0 Å². The van der Waals surface area contributed by atoms with Crippen molar-refractivity contribution in [3.8, 4) is 27.9 Å². The maximum Gasteiger partial charge on any atom is 0.154 e. The number of nitrogens with one attached hydrogen (secondary N) is 1. The molecule has 11 rings (SSSR count). The van der Waals surface area contributed by atoms with E-state index in [-0.39, 0.29) is 11.3 Å². The third-order valence-electron chi connectivity index (χ3n) is 11.9. The summed E-state index contributed by atoms with van der Waals surface area (Å²) < 4.78 is 8.63. The van der Waals surface area contributed by atoms with E-state index < -0.39 is 0 Å². The van der Waals surface area contributed by atoms with Gasteiger partial charge in [-0.05, 0) is 94.4 Å². The summed E-state index contributed by atoms with van der Waals surface area (Å²) in [4.78, 5) is 4.23. The minimum absolute atomic E-state index is 0.0385. The van der Waals surface area contributed by atoms with E-state index in [1.54, 1.807) is 0 Å². The fraction of sp³-hybridized carbons (Fsp3) is 0.0741. The van der Waals surface area contributed by atoms with Crippen molar-refractivity contribution in [1.29, 1.82) is 5.41 Å². The van der Waals surface area contributed by atoms with E-state index in [0.29, 0.717) is 5.84 Å². The fourth-order valence-corrected chi connectivity index (χ4v) is 8.91. The van der Waals surface area contributed by atoms with Crippen LogP contribution in [0.3, 0.4) is 0 Å². The molecule has 0 spiro atoms. The molecule has 0 saturated carbocycles. The van der Waals surface area contributed by atoms with Crippen LogP contribution in [0.4, 0.5) is 0 Å². The number of aryl methyl sites for hydroxylation is 1. The molecule has 0 unspecified atom stereocenters. The van der Waals surface area contributed by atoms with Gasteiger partial charge in [-0.3, -0.25) is 5.41 Å². The minimum atomic E-state index is -0.0385. The summed E-state index contributed by atoms with van der Waals surface area (Å²) in [6.45, 7) is 6.86. The lowest BCUT2D eigenvalue weighted by atomic mass is 9.82. The first-order valence-corrected chi connectivity index (χ1v) is 20.0. The fourth-order valence-electron chi connectivity index (χ4n) is 8.91. The highest BCUT2D eigenvalue weighted by Crippen LogP contribution is 2.51. The molecule has 0 radical (unpaired) electrons. The maximum atomic E-state index is 8.20. The SMILES string of the molecule is Cc1cccc2oc3ccc(-n4c5ccccc5c5cc6c(cc54)C(C)(C)c4ccccc4-6)cc3c12.N=C(N=C(N)c1ccccc1)c1cccc(-c2ccccc2)c1. The van der Waals surface area contributed by atoms with Crippen LogP contribution in [0.25, 0.3) is 71.7 Å². The molecule has 5 heteroatoms.